The van der Waals surface area contributed by atoms with Gasteiger partial charge >= 0.3 is 6.03 Å². The lowest BCUT2D eigenvalue weighted by Crippen LogP contribution is -2.43. The van der Waals surface area contributed by atoms with Crippen LogP contribution in [0.1, 0.15) is 50.4 Å². The smallest absolute Gasteiger partial charge is 0.324 e. The summed E-state index contributed by atoms with van der Waals surface area (Å²) in [6, 6.07) is 9.01. The van der Waals surface area contributed by atoms with Crippen molar-refractivity contribution in [2.75, 3.05) is 36.8 Å². The van der Waals surface area contributed by atoms with Crippen LogP contribution in [0.2, 0.25) is 0 Å². The van der Waals surface area contributed by atoms with Gasteiger partial charge < -0.3 is 20.1 Å². The summed E-state index contributed by atoms with van der Waals surface area (Å²) in [4.78, 5) is 27.0. The largest absolute Gasteiger partial charge is 0.359 e. The van der Waals surface area contributed by atoms with Crippen LogP contribution in [0.3, 0.4) is 0 Å². The Balaban J connectivity index is 1.16. The van der Waals surface area contributed by atoms with Crippen molar-refractivity contribution in [1.82, 2.24) is 24.8 Å². The average Bonchev–Trinajstić information content (AvgIpc) is 3.62. The van der Waals surface area contributed by atoms with E-state index in [4.69, 9.17) is 14.5 Å². The lowest BCUT2D eigenvalue weighted by Gasteiger charge is -2.30. The first-order chi connectivity index (χ1) is 19.3. The van der Waals surface area contributed by atoms with Gasteiger partial charge in [-0.3, -0.25) is 9.72 Å². The minimum atomic E-state index is -0.383. The topological polar surface area (TPSA) is 112 Å². The van der Waals surface area contributed by atoms with Gasteiger partial charge in [0.2, 0.25) is 0 Å². The second-order valence-electron chi connectivity index (χ2n) is 11.1. The average molecular weight is 559 g/mol. The fourth-order valence-electron chi connectivity index (χ4n) is 4.95. The van der Waals surface area contributed by atoms with Crippen LogP contribution in [0, 0.1) is 0 Å². The maximum absolute atomic E-state index is 12.5. The van der Waals surface area contributed by atoms with E-state index in [1.807, 2.05) is 51.3 Å². The van der Waals surface area contributed by atoms with Crippen LogP contribution in [0.25, 0.3) is 16.2 Å². The number of urea groups is 1. The Labute approximate surface area is 237 Å². The minimum absolute atomic E-state index is 0.185. The molecule has 11 heteroatoms. The number of benzene rings is 1. The Morgan fingerprint density at radius 2 is 1.93 bits per heavy atom. The van der Waals surface area contributed by atoms with Crippen molar-refractivity contribution in [1.29, 1.82) is 0 Å². The fraction of sp³-hybridized carbons (Fsp3) is 0.379. The highest BCUT2D eigenvalue weighted by atomic mass is 32.1. The number of allylic oxidation sites excluding steroid dienone is 1. The number of imidazole rings is 1. The van der Waals surface area contributed by atoms with Gasteiger partial charge in [0.15, 0.2) is 10.8 Å². The zero-order valence-electron chi connectivity index (χ0n) is 23.2. The zero-order valence-corrected chi connectivity index (χ0v) is 24.1. The van der Waals surface area contributed by atoms with Crippen molar-refractivity contribution in [3.05, 3.63) is 64.3 Å². The summed E-state index contributed by atoms with van der Waals surface area (Å²) in [6.07, 6.45) is 5.97. The first-order valence-corrected chi connectivity index (χ1v) is 14.5. The van der Waals surface area contributed by atoms with Gasteiger partial charge in [-0.05, 0) is 24.1 Å². The van der Waals surface area contributed by atoms with Crippen LogP contribution in [0.5, 0.6) is 0 Å². The fourth-order valence-corrected chi connectivity index (χ4v) is 6.06. The van der Waals surface area contributed by atoms with E-state index < -0.39 is 0 Å². The Morgan fingerprint density at radius 1 is 1.15 bits per heavy atom. The first-order valence-electron chi connectivity index (χ1n) is 13.7. The van der Waals surface area contributed by atoms with Gasteiger partial charge in [0.25, 0.3) is 0 Å². The number of nitrogens with zero attached hydrogens (tertiary/aromatic N) is 5. The van der Waals surface area contributed by atoms with Gasteiger partial charge in [0.05, 0.1) is 17.6 Å². The molecule has 208 valence electrons. The van der Waals surface area contributed by atoms with E-state index in [2.05, 4.69) is 43.5 Å². The normalized spacial score (nSPS) is 15.8. The van der Waals surface area contributed by atoms with E-state index >= 15 is 0 Å². The molecule has 0 bridgehead atoms. The number of carbonyl (C=O) groups is 1. The van der Waals surface area contributed by atoms with Crippen LogP contribution >= 0.6 is 11.3 Å². The van der Waals surface area contributed by atoms with Gasteiger partial charge in [0, 0.05) is 66.4 Å². The molecule has 1 saturated heterocycles. The van der Waals surface area contributed by atoms with Crippen LogP contribution in [-0.4, -0.2) is 57.9 Å². The van der Waals surface area contributed by atoms with Gasteiger partial charge in [-0.1, -0.05) is 45.0 Å². The molecule has 1 aromatic carbocycles. The van der Waals surface area contributed by atoms with Crippen molar-refractivity contribution in [2.24, 2.45) is 4.99 Å². The van der Waals surface area contributed by atoms with Gasteiger partial charge in [-0.2, -0.15) is 0 Å². The zero-order chi connectivity index (χ0) is 27.9. The lowest BCUT2D eigenvalue weighted by molar-refractivity contribution is 0.262. The maximum Gasteiger partial charge on any atom is 0.324 e. The van der Waals surface area contributed by atoms with E-state index in [-0.39, 0.29) is 11.4 Å². The van der Waals surface area contributed by atoms with E-state index in [1.54, 1.807) is 17.4 Å². The predicted molar refractivity (Wildman–Crippen MR) is 159 cm³/mol. The molecule has 2 aliphatic heterocycles. The van der Waals surface area contributed by atoms with Crippen molar-refractivity contribution < 1.29 is 9.32 Å². The second-order valence-corrected chi connectivity index (χ2v) is 12.2. The number of rotatable bonds is 5. The number of anilines is 2. The highest BCUT2D eigenvalue weighted by Crippen LogP contribution is 2.33. The highest BCUT2D eigenvalue weighted by Gasteiger charge is 2.23. The molecule has 3 N–H and O–H groups in total. The first kappa shape index (κ1) is 26.3. The number of hydrogen-bond acceptors (Lipinski definition) is 8. The standard InChI is InChI=1S/C29H34N8O2S/c1-5-18-14-23-22(16-31-26(18)36-12-10-30-11-13-36)37-17-21(33-28(37)40-23)19-6-8-20(9-7-19)32-27(38)34-25-15-24(39-35-25)29(2,3)4/h6-9,15-17,30H,5,10-14H2,1-4H3,(H2,32,34,35,38). The lowest BCUT2D eigenvalue weighted by atomic mass is 9.93. The van der Waals surface area contributed by atoms with E-state index in [1.165, 1.54) is 10.5 Å². The van der Waals surface area contributed by atoms with E-state index in [0.29, 0.717) is 17.3 Å². The Kier molecular flexibility index (Phi) is 6.93. The molecule has 2 aliphatic rings. The summed E-state index contributed by atoms with van der Waals surface area (Å²) in [5, 5.41) is 12.9. The number of carbonyl (C=O) groups excluding carboxylic acids is 1. The molecule has 0 saturated carbocycles. The highest BCUT2D eigenvalue weighted by molar-refractivity contribution is 7.17. The predicted octanol–water partition coefficient (Wildman–Crippen LogP) is 5.49. The van der Waals surface area contributed by atoms with Gasteiger partial charge in [-0.15, -0.1) is 11.3 Å². The van der Waals surface area contributed by atoms with Gasteiger partial charge in [0.1, 0.15) is 11.6 Å². The summed E-state index contributed by atoms with van der Waals surface area (Å²) in [6.45, 7) is 12.2. The molecule has 4 aromatic rings. The third-order valence-corrected chi connectivity index (χ3v) is 8.28. The minimum Gasteiger partial charge on any atom is -0.359 e. The maximum atomic E-state index is 12.5. The molecule has 0 unspecified atom stereocenters. The number of aliphatic imine (C=N–C) groups is 1. The summed E-state index contributed by atoms with van der Waals surface area (Å²) < 4.78 is 7.48. The summed E-state index contributed by atoms with van der Waals surface area (Å²) in [5.74, 6) is 2.21. The second kappa shape index (κ2) is 10.5. The molecule has 0 spiro atoms. The molecular weight excluding hydrogens is 524 g/mol. The molecule has 0 radical (unpaired) electrons. The monoisotopic (exact) mass is 558 g/mol. The molecule has 0 atom stereocenters. The summed E-state index contributed by atoms with van der Waals surface area (Å²) >= 11 is 1.73. The van der Waals surface area contributed by atoms with Crippen molar-refractivity contribution in [3.63, 3.8) is 0 Å². The third kappa shape index (κ3) is 5.26. The van der Waals surface area contributed by atoms with Crippen LogP contribution in [0.4, 0.5) is 16.3 Å². The number of amides is 2. The molecule has 0 aliphatic carbocycles. The molecule has 40 heavy (non-hydrogen) atoms. The van der Waals surface area contributed by atoms with Crippen molar-refractivity contribution >= 4 is 40.0 Å². The molecule has 3 aromatic heterocycles. The quantitative estimate of drug-likeness (QED) is 0.299. The van der Waals surface area contributed by atoms with E-state index in [0.717, 1.165) is 66.8 Å². The number of fused-ring (bicyclic) bond motifs is 3. The Hall–Kier alpha value is -3.96. The van der Waals surface area contributed by atoms with Crippen molar-refractivity contribution in [3.8, 4) is 11.3 Å². The number of nitrogens with one attached hydrogen (secondary N) is 3. The SMILES string of the molecule is CCC1=C(N2CCNCC2)N=Cc2c(sc3nc(-c4ccc(NC(=O)Nc5cc(C(C)(C)C)on5)cc4)cn23)C1. The number of aromatic nitrogens is 3. The van der Waals surface area contributed by atoms with Gasteiger partial charge in [-0.25, -0.2) is 14.8 Å². The van der Waals surface area contributed by atoms with E-state index in [9.17, 15) is 4.79 Å². The summed E-state index contributed by atoms with van der Waals surface area (Å²) in [7, 11) is 0. The Morgan fingerprint density at radius 3 is 2.62 bits per heavy atom. The molecule has 5 heterocycles. The molecular formula is C29H34N8O2S. The third-order valence-electron chi connectivity index (χ3n) is 7.21. The number of piperazine rings is 1. The van der Waals surface area contributed by atoms with Crippen molar-refractivity contribution in [2.45, 2.75) is 46.0 Å². The summed E-state index contributed by atoms with van der Waals surface area (Å²) in [5.41, 5.74) is 4.82. The number of hydrogen-bond donors (Lipinski definition) is 3. The molecule has 1 fully saturated rings. The van der Waals surface area contributed by atoms with Crippen LogP contribution in [-0.2, 0) is 11.8 Å². The van der Waals surface area contributed by atoms with Crippen LogP contribution < -0.4 is 16.0 Å². The molecule has 2 amide bonds. The molecule has 10 nitrogen and oxygen atoms in total. The van der Waals surface area contributed by atoms with Crippen LogP contribution in [0.15, 0.2) is 57.4 Å². The number of thiazole rings is 1. The molecule has 6 rings (SSSR count). The Bertz CT molecular complexity index is 1600.